The molecule has 2 saturated heterocycles. The van der Waals surface area contributed by atoms with Gasteiger partial charge in [0.25, 0.3) is 5.91 Å². The van der Waals surface area contributed by atoms with Gasteiger partial charge in [-0.1, -0.05) is 51.1 Å². The Morgan fingerprint density at radius 2 is 1.75 bits per heavy atom. The number of benzene rings is 2. The van der Waals surface area contributed by atoms with Gasteiger partial charge in [0, 0.05) is 43.8 Å². The molecule has 0 unspecified atom stereocenters. The maximum absolute atomic E-state index is 14.0. The molecule has 314 valence electrons. The second-order valence-corrected chi connectivity index (χ2v) is 17.4. The van der Waals surface area contributed by atoms with E-state index in [1.807, 2.05) is 82.6 Å². The first-order valence-corrected chi connectivity index (χ1v) is 21.3. The number of hydrogen-bond donors (Lipinski definition) is 4. The van der Waals surface area contributed by atoms with Crippen molar-refractivity contribution in [1.29, 1.82) is 0 Å². The molecule has 0 bridgehead atoms. The molecule has 3 aromatic heterocycles. The molecule has 2 aromatic carbocycles. The number of carbonyl (C=O) groups is 4. The summed E-state index contributed by atoms with van der Waals surface area (Å²) in [6, 6.07) is 19.7. The van der Waals surface area contributed by atoms with Crippen LogP contribution in [0.1, 0.15) is 73.8 Å². The van der Waals surface area contributed by atoms with E-state index in [9.17, 15) is 19.2 Å². The predicted molar refractivity (Wildman–Crippen MR) is 232 cm³/mol. The number of rotatable bonds is 13. The van der Waals surface area contributed by atoms with E-state index in [1.54, 1.807) is 40.6 Å². The molecule has 0 spiro atoms. The Kier molecular flexibility index (Phi) is 13.0. The molecule has 2 fully saturated rings. The van der Waals surface area contributed by atoms with E-state index in [0.29, 0.717) is 43.0 Å². The van der Waals surface area contributed by atoms with Gasteiger partial charge in [-0.2, -0.15) is 5.10 Å². The number of aromatic amines is 1. The SMILES string of the molecule is Cc1cc(N2CCC(OCC(=O)N[C@H](C(=O)N3CCC[C@H]3C(=O)NCc3ccc(-c4scnc4C)cc3)C(C)(C)C)CC2)ccc1NC(=O)c1cccc(-c2ccn[nH]2)n1. The largest absolute Gasteiger partial charge is 0.371 e. The van der Waals surface area contributed by atoms with Gasteiger partial charge < -0.3 is 30.5 Å². The molecular weight excluding hydrogens is 779 g/mol. The minimum atomic E-state index is -0.828. The summed E-state index contributed by atoms with van der Waals surface area (Å²) in [5.74, 6) is -1.12. The molecular formula is C45H53N9O5S. The molecule has 0 radical (unpaired) electrons. The lowest BCUT2D eigenvalue weighted by Crippen LogP contribution is -2.58. The highest BCUT2D eigenvalue weighted by atomic mass is 32.1. The van der Waals surface area contributed by atoms with Crippen molar-refractivity contribution in [3.63, 3.8) is 0 Å². The first kappa shape index (κ1) is 42.2. The summed E-state index contributed by atoms with van der Waals surface area (Å²) in [4.78, 5) is 67.7. The van der Waals surface area contributed by atoms with Crippen LogP contribution < -0.4 is 20.9 Å². The summed E-state index contributed by atoms with van der Waals surface area (Å²) in [5, 5.41) is 15.8. The van der Waals surface area contributed by atoms with Crippen LogP contribution in [-0.4, -0.2) is 93.1 Å². The van der Waals surface area contributed by atoms with Crippen LogP contribution in [0.5, 0.6) is 0 Å². The van der Waals surface area contributed by atoms with Crippen LogP contribution in [0.4, 0.5) is 11.4 Å². The number of piperidine rings is 1. The number of thiazole rings is 1. The quantitative estimate of drug-likeness (QED) is 0.106. The van der Waals surface area contributed by atoms with Crippen molar-refractivity contribution in [3.8, 4) is 21.8 Å². The topological polar surface area (TPSA) is 175 Å². The number of H-pyrrole nitrogens is 1. The van der Waals surface area contributed by atoms with Gasteiger partial charge >= 0.3 is 0 Å². The Labute approximate surface area is 354 Å². The zero-order chi connectivity index (χ0) is 42.4. The number of nitrogens with one attached hydrogen (secondary N) is 4. The molecule has 2 atom stereocenters. The van der Waals surface area contributed by atoms with Gasteiger partial charge in [0.05, 0.1) is 33.6 Å². The minimum Gasteiger partial charge on any atom is -0.371 e. The zero-order valence-corrected chi connectivity index (χ0v) is 35.6. The third-order valence-electron chi connectivity index (χ3n) is 11.2. The van der Waals surface area contributed by atoms with Crippen molar-refractivity contribution in [2.75, 3.05) is 36.5 Å². The summed E-state index contributed by atoms with van der Waals surface area (Å²) in [7, 11) is 0. The van der Waals surface area contributed by atoms with Crippen molar-refractivity contribution in [1.82, 2.24) is 35.7 Å². The summed E-state index contributed by atoms with van der Waals surface area (Å²) >= 11 is 1.60. The van der Waals surface area contributed by atoms with Crippen molar-refractivity contribution in [2.45, 2.75) is 85.0 Å². The molecule has 4 amide bonds. The van der Waals surface area contributed by atoms with E-state index < -0.39 is 17.5 Å². The Morgan fingerprint density at radius 1 is 0.967 bits per heavy atom. The number of amides is 4. The predicted octanol–water partition coefficient (Wildman–Crippen LogP) is 6.29. The van der Waals surface area contributed by atoms with Gasteiger partial charge in [-0.25, -0.2) is 9.97 Å². The highest BCUT2D eigenvalue weighted by Gasteiger charge is 2.42. The lowest BCUT2D eigenvalue weighted by atomic mass is 9.85. The third kappa shape index (κ3) is 10.1. The maximum atomic E-state index is 14.0. The molecule has 60 heavy (non-hydrogen) atoms. The van der Waals surface area contributed by atoms with E-state index >= 15 is 0 Å². The molecule has 5 aromatic rings. The van der Waals surface area contributed by atoms with Gasteiger partial charge in [-0.3, -0.25) is 24.3 Å². The maximum Gasteiger partial charge on any atom is 0.274 e. The average Bonchev–Trinajstić information content (AvgIpc) is 4.05. The van der Waals surface area contributed by atoms with Crippen LogP contribution in [0.15, 0.2) is 78.4 Å². The summed E-state index contributed by atoms with van der Waals surface area (Å²) in [6.45, 7) is 11.8. The van der Waals surface area contributed by atoms with Gasteiger partial charge in [0.1, 0.15) is 24.4 Å². The van der Waals surface area contributed by atoms with Crippen molar-refractivity contribution in [2.24, 2.45) is 5.41 Å². The number of nitrogens with zero attached hydrogens (tertiary/aromatic N) is 5. The Morgan fingerprint density at radius 3 is 2.43 bits per heavy atom. The number of anilines is 2. The summed E-state index contributed by atoms with van der Waals surface area (Å²) < 4.78 is 6.09. The summed E-state index contributed by atoms with van der Waals surface area (Å²) in [5.41, 5.74) is 8.62. The normalized spacial score (nSPS) is 16.4. The van der Waals surface area contributed by atoms with E-state index in [4.69, 9.17) is 4.74 Å². The Bertz CT molecular complexity index is 2300. The molecule has 0 saturated carbocycles. The first-order chi connectivity index (χ1) is 28.8. The van der Waals surface area contributed by atoms with Crippen LogP contribution in [-0.2, 0) is 25.7 Å². The summed E-state index contributed by atoms with van der Waals surface area (Å²) in [6.07, 6.45) is 4.26. The first-order valence-electron chi connectivity index (χ1n) is 20.5. The second-order valence-electron chi connectivity index (χ2n) is 16.6. The van der Waals surface area contributed by atoms with E-state index in [1.165, 1.54) is 0 Å². The van der Waals surface area contributed by atoms with Crippen LogP contribution >= 0.6 is 11.3 Å². The lowest BCUT2D eigenvalue weighted by molar-refractivity contribution is -0.144. The Balaban J connectivity index is 0.866. The van der Waals surface area contributed by atoms with Crippen molar-refractivity contribution < 1.29 is 23.9 Å². The fraction of sp³-hybridized carbons (Fsp3) is 0.400. The van der Waals surface area contributed by atoms with E-state index in [0.717, 1.165) is 64.6 Å². The number of aryl methyl sites for hydroxylation is 2. The number of carbonyl (C=O) groups excluding carboxylic acids is 4. The van der Waals surface area contributed by atoms with Crippen LogP contribution in [0, 0.1) is 19.3 Å². The number of likely N-dealkylation sites (tertiary alicyclic amines) is 1. The number of aromatic nitrogens is 4. The third-order valence-corrected chi connectivity index (χ3v) is 12.1. The number of pyridine rings is 1. The molecule has 14 nitrogen and oxygen atoms in total. The standard InChI is InChI=1S/C45H53N9O5S/c1-28-24-32(15-16-34(28)50-42(56)37-9-6-8-35(49-37)36-17-20-48-52-36)53-22-18-33(19-23-53)59-26-39(55)51-41(45(3,4)5)44(58)54-21-7-10-38(54)43(57)46-25-30-11-13-31(14-12-30)40-29(2)47-27-60-40/h6,8-9,11-17,20,24,27,33,38,41H,7,10,18-19,21-23,25-26H2,1-5H3,(H,46,57)(H,48,52)(H,50,56)(H,51,55)/t38-,41+/m0/s1. The number of ether oxygens (including phenoxy) is 1. The zero-order valence-electron chi connectivity index (χ0n) is 34.8. The average molecular weight is 832 g/mol. The molecule has 15 heteroatoms. The molecule has 4 N–H and O–H groups in total. The fourth-order valence-electron chi connectivity index (χ4n) is 7.74. The van der Waals surface area contributed by atoms with E-state index in [-0.39, 0.29) is 36.3 Å². The molecule has 7 rings (SSSR count). The lowest BCUT2D eigenvalue weighted by Gasteiger charge is -2.36. The number of hydrogen-bond acceptors (Lipinski definition) is 10. The minimum absolute atomic E-state index is 0.111. The van der Waals surface area contributed by atoms with Gasteiger partial charge in [0.15, 0.2) is 0 Å². The fourth-order valence-corrected chi connectivity index (χ4v) is 8.55. The smallest absolute Gasteiger partial charge is 0.274 e. The Hall–Kier alpha value is -5.93. The molecule has 2 aliphatic heterocycles. The van der Waals surface area contributed by atoms with Crippen LogP contribution in [0.25, 0.3) is 21.8 Å². The molecule has 2 aliphatic rings. The van der Waals surface area contributed by atoms with Crippen molar-refractivity contribution >= 4 is 46.3 Å². The van der Waals surface area contributed by atoms with E-state index in [2.05, 4.69) is 47.1 Å². The highest BCUT2D eigenvalue weighted by Crippen LogP contribution is 2.30. The molecule has 0 aliphatic carbocycles. The van der Waals surface area contributed by atoms with Crippen molar-refractivity contribution in [3.05, 3.63) is 101 Å². The van der Waals surface area contributed by atoms with Gasteiger partial charge in [0.2, 0.25) is 17.7 Å². The highest BCUT2D eigenvalue weighted by molar-refractivity contribution is 7.13. The van der Waals surface area contributed by atoms with Gasteiger partial charge in [-0.05, 0) is 98.0 Å². The monoisotopic (exact) mass is 831 g/mol. The van der Waals surface area contributed by atoms with Crippen LogP contribution in [0.3, 0.4) is 0 Å². The second kappa shape index (κ2) is 18.6. The molecule has 5 heterocycles. The van der Waals surface area contributed by atoms with Crippen LogP contribution in [0.2, 0.25) is 0 Å². The van der Waals surface area contributed by atoms with Gasteiger partial charge in [-0.15, -0.1) is 11.3 Å².